The predicted molar refractivity (Wildman–Crippen MR) is 120 cm³/mol. The number of benzene rings is 2. The van der Waals surface area contributed by atoms with E-state index in [1.54, 1.807) is 42.2 Å². The van der Waals surface area contributed by atoms with E-state index < -0.39 is 17.6 Å². The van der Waals surface area contributed by atoms with E-state index in [9.17, 15) is 18.0 Å². The van der Waals surface area contributed by atoms with Gasteiger partial charge in [-0.1, -0.05) is 48.2 Å². The van der Waals surface area contributed by atoms with Crippen molar-refractivity contribution in [2.75, 3.05) is 10.8 Å². The first-order valence-electron chi connectivity index (χ1n) is 9.67. The summed E-state index contributed by atoms with van der Waals surface area (Å²) in [7, 11) is 1.74. The second-order valence-electron chi connectivity index (χ2n) is 6.88. The van der Waals surface area contributed by atoms with Crippen LogP contribution in [0.1, 0.15) is 11.1 Å². The lowest BCUT2D eigenvalue weighted by molar-refractivity contribution is -0.137. The van der Waals surface area contributed by atoms with E-state index in [4.69, 9.17) is 0 Å². The average molecular weight is 470 g/mol. The van der Waals surface area contributed by atoms with E-state index in [0.29, 0.717) is 21.6 Å². The molecule has 2 aromatic carbocycles. The number of halogens is 3. The molecular formula is C22H17F3N6OS. The van der Waals surface area contributed by atoms with Crippen molar-refractivity contribution in [2.24, 2.45) is 12.1 Å². The van der Waals surface area contributed by atoms with Crippen molar-refractivity contribution in [2.45, 2.75) is 11.2 Å². The fraction of sp³-hybridized carbons (Fsp3) is 0.136. The Balaban J connectivity index is 1.62. The number of anilines is 1. The third-order valence-corrected chi connectivity index (χ3v) is 5.59. The van der Waals surface area contributed by atoms with Gasteiger partial charge in [0.1, 0.15) is 11.4 Å². The molecule has 0 N–H and O–H groups in total. The Hall–Kier alpha value is -3.73. The number of fused-ring (bicyclic) bond motifs is 1. The van der Waals surface area contributed by atoms with Gasteiger partial charge in [-0.25, -0.2) is 15.0 Å². The number of carbonyl (C=O) groups is 1. The molecule has 2 aromatic heterocycles. The number of alkyl halides is 3. The van der Waals surface area contributed by atoms with Crippen LogP contribution in [0.3, 0.4) is 0 Å². The first kappa shape index (κ1) is 22.5. The van der Waals surface area contributed by atoms with E-state index in [1.807, 2.05) is 6.07 Å². The largest absolute Gasteiger partial charge is 0.416 e. The number of hydrazone groups is 1. The molecule has 7 nitrogen and oxygen atoms in total. The van der Waals surface area contributed by atoms with Crippen LogP contribution in [0.15, 0.2) is 77.2 Å². The SMILES string of the molecule is Cn1ncc2c(SCC(=O)N(N=Cc3ccccc3)c3cccc(C(F)(F)F)c3)ncnc21. The van der Waals surface area contributed by atoms with Gasteiger partial charge in [-0.05, 0) is 23.8 Å². The van der Waals surface area contributed by atoms with Crippen LogP contribution < -0.4 is 5.01 Å². The number of hydrogen-bond acceptors (Lipinski definition) is 6. The molecule has 33 heavy (non-hydrogen) atoms. The van der Waals surface area contributed by atoms with Gasteiger partial charge in [0.25, 0.3) is 5.91 Å². The molecule has 0 bridgehead atoms. The van der Waals surface area contributed by atoms with Crippen molar-refractivity contribution < 1.29 is 18.0 Å². The smallest absolute Gasteiger partial charge is 0.272 e. The van der Waals surface area contributed by atoms with Gasteiger partial charge >= 0.3 is 6.18 Å². The van der Waals surface area contributed by atoms with Crippen molar-refractivity contribution in [3.63, 3.8) is 0 Å². The number of thioether (sulfide) groups is 1. The number of aryl methyl sites for hydroxylation is 1. The first-order valence-corrected chi connectivity index (χ1v) is 10.7. The van der Waals surface area contributed by atoms with Gasteiger partial charge in [0.2, 0.25) is 0 Å². The summed E-state index contributed by atoms with van der Waals surface area (Å²) in [5.74, 6) is -0.620. The number of nitrogens with zero attached hydrogens (tertiary/aromatic N) is 6. The van der Waals surface area contributed by atoms with Gasteiger partial charge < -0.3 is 0 Å². The molecule has 0 unspecified atom stereocenters. The predicted octanol–water partition coefficient (Wildman–Crippen LogP) is 4.54. The average Bonchev–Trinajstić information content (AvgIpc) is 3.19. The Kier molecular flexibility index (Phi) is 6.40. The molecule has 0 fully saturated rings. The molecule has 4 aromatic rings. The Morgan fingerprint density at radius 2 is 1.94 bits per heavy atom. The molecule has 0 saturated heterocycles. The maximum atomic E-state index is 13.2. The molecule has 0 atom stereocenters. The second kappa shape index (κ2) is 9.41. The number of amides is 1. The summed E-state index contributed by atoms with van der Waals surface area (Å²) >= 11 is 1.13. The Bertz CT molecular complexity index is 1310. The van der Waals surface area contributed by atoms with E-state index in [-0.39, 0.29) is 11.4 Å². The van der Waals surface area contributed by atoms with Crippen molar-refractivity contribution >= 4 is 40.6 Å². The van der Waals surface area contributed by atoms with Gasteiger partial charge in [0.15, 0.2) is 5.65 Å². The van der Waals surface area contributed by atoms with Gasteiger partial charge in [-0.2, -0.15) is 23.4 Å². The van der Waals surface area contributed by atoms with Crippen LogP contribution >= 0.6 is 11.8 Å². The van der Waals surface area contributed by atoms with E-state index in [0.717, 1.165) is 28.9 Å². The van der Waals surface area contributed by atoms with Crippen molar-refractivity contribution in [3.8, 4) is 0 Å². The number of hydrogen-bond donors (Lipinski definition) is 0. The van der Waals surface area contributed by atoms with Crippen LogP contribution in [0.2, 0.25) is 0 Å². The van der Waals surface area contributed by atoms with Crippen LogP contribution in [0.4, 0.5) is 18.9 Å². The molecule has 0 radical (unpaired) electrons. The molecule has 0 spiro atoms. The quantitative estimate of drug-likeness (QED) is 0.179. The summed E-state index contributed by atoms with van der Waals surface area (Å²) in [6, 6.07) is 13.4. The van der Waals surface area contributed by atoms with Crippen molar-refractivity contribution in [1.82, 2.24) is 19.7 Å². The molecule has 0 aliphatic rings. The molecule has 0 saturated carbocycles. The summed E-state index contributed by atoms with van der Waals surface area (Å²) in [6.07, 6.45) is -0.155. The minimum absolute atomic E-state index is 0.0109. The van der Waals surface area contributed by atoms with Gasteiger partial charge in [-0.3, -0.25) is 9.48 Å². The van der Waals surface area contributed by atoms with Crippen LogP contribution in [0.25, 0.3) is 11.0 Å². The zero-order valence-corrected chi connectivity index (χ0v) is 18.1. The third kappa shape index (κ3) is 5.20. The third-order valence-electron chi connectivity index (χ3n) is 4.60. The van der Waals surface area contributed by atoms with E-state index in [2.05, 4.69) is 20.2 Å². The lowest BCUT2D eigenvalue weighted by Crippen LogP contribution is -2.28. The van der Waals surface area contributed by atoms with Gasteiger partial charge in [-0.15, -0.1) is 0 Å². The summed E-state index contributed by atoms with van der Waals surface area (Å²) in [6.45, 7) is 0. The highest BCUT2D eigenvalue weighted by Crippen LogP contribution is 2.32. The molecule has 168 valence electrons. The number of aromatic nitrogens is 4. The highest BCUT2D eigenvalue weighted by atomic mass is 32.2. The Morgan fingerprint density at radius 3 is 2.70 bits per heavy atom. The first-order chi connectivity index (χ1) is 15.8. The molecular weight excluding hydrogens is 453 g/mol. The molecule has 0 aliphatic heterocycles. The Labute approximate surface area is 191 Å². The standard InChI is InChI=1S/C22H17F3N6OS/c1-30-20-18(12-28-30)21(27-14-26-20)33-13-19(32)31(29-11-15-6-3-2-4-7-15)17-9-5-8-16(10-17)22(23,24)25/h2-12,14H,13H2,1H3. The fourth-order valence-corrected chi connectivity index (χ4v) is 3.80. The van der Waals surface area contributed by atoms with E-state index in [1.165, 1.54) is 24.7 Å². The topological polar surface area (TPSA) is 76.3 Å². The monoisotopic (exact) mass is 470 g/mol. The van der Waals surface area contributed by atoms with Crippen molar-refractivity contribution in [1.29, 1.82) is 0 Å². The van der Waals surface area contributed by atoms with E-state index >= 15 is 0 Å². The Morgan fingerprint density at radius 1 is 1.15 bits per heavy atom. The fourth-order valence-electron chi connectivity index (χ4n) is 3.00. The van der Waals surface area contributed by atoms with Gasteiger partial charge in [0, 0.05) is 7.05 Å². The van der Waals surface area contributed by atoms with Gasteiger partial charge in [0.05, 0.1) is 34.8 Å². The number of rotatable bonds is 6. The lowest BCUT2D eigenvalue weighted by atomic mass is 10.2. The molecule has 1 amide bonds. The molecule has 4 rings (SSSR count). The minimum atomic E-state index is -4.55. The summed E-state index contributed by atoms with van der Waals surface area (Å²) < 4.78 is 41.3. The zero-order valence-electron chi connectivity index (χ0n) is 17.3. The zero-order chi connectivity index (χ0) is 23.4. The van der Waals surface area contributed by atoms with Crippen LogP contribution in [0.5, 0.6) is 0 Å². The molecule has 2 heterocycles. The lowest BCUT2D eigenvalue weighted by Gasteiger charge is -2.18. The second-order valence-corrected chi connectivity index (χ2v) is 7.85. The van der Waals surface area contributed by atoms with Crippen LogP contribution in [0, 0.1) is 0 Å². The van der Waals surface area contributed by atoms with Crippen LogP contribution in [-0.2, 0) is 18.0 Å². The number of carbonyl (C=O) groups excluding carboxylic acids is 1. The molecule has 11 heteroatoms. The molecule has 0 aliphatic carbocycles. The summed E-state index contributed by atoms with van der Waals surface area (Å²) in [5.41, 5.74) is 0.449. The van der Waals surface area contributed by atoms with Crippen LogP contribution in [-0.4, -0.2) is 37.6 Å². The highest BCUT2D eigenvalue weighted by molar-refractivity contribution is 8.00. The summed E-state index contributed by atoms with van der Waals surface area (Å²) in [4.78, 5) is 21.4. The van der Waals surface area contributed by atoms with Crippen molar-refractivity contribution in [3.05, 3.63) is 78.2 Å². The summed E-state index contributed by atoms with van der Waals surface area (Å²) in [5, 5.41) is 10.5. The maximum Gasteiger partial charge on any atom is 0.416 e. The highest BCUT2D eigenvalue weighted by Gasteiger charge is 2.31. The normalized spacial score (nSPS) is 11.9. The minimum Gasteiger partial charge on any atom is -0.272 e. The maximum absolute atomic E-state index is 13.2.